The zero-order chi connectivity index (χ0) is 18.8. The van der Waals surface area contributed by atoms with Crippen molar-refractivity contribution in [2.75, 3.05) is 10.6 Å². The maximum atomic E-state index is 11.9. The summed E-state index contributed by atoms with van der Waals surface area (Å²) in [5, 5.41) is 6.24. The molecule has 0 saturated heterocycles. The number of oxazole rings is 1. The van der Waals surface area contributed by atoms with Gasteiger partial charge in [-0.15, -0.1) is 0 Å². The van der Waals surface area contributed by atoms with Crippen molar-refractivity contribution in [1.29, 1.82) is 0 Å². The lowest BCUT2D eigenvalue weighted by Gasteiger charge is -2.19. The van der Waals surface area contributed by atoms with Crippen LogP contribution in [0.1, 0.15) is 40.4 Å². The first-order valence-corrected chi connectivity index (χ1v) is 8.33. The Morgan fingerprint density at radius 3 is 2.64 bits per heavy atom. The molecule has 2 rings (SSSR count). The Kier molecular flexibility index (Phi) is 5.57. The minimum atomic E-state index is -0.598. The third-order valence-electron chi connectivity index (χ3n) is 2.96. The molecule has 0 fully saturated rings. The Labute approximate surface area is 152 Å². The summed E-state index contributed by atoms with van der Waals surface area (Å²) >= 11 is 5.98. The molecule has 0 bridgehead atoms. The van der Waals surface area contributed by atoms with E-state index in [0.717, 1.165) is 5.69 Å². The smallest absolute Gasteiger partial charge is 0.413 e. The lowest BCUT2D eigenvalue weighted by molar-refractivity contribution is 0.0635. The Bertz CT molecular complexity index is 766. The molecule has 0 aromatic carbocycles. The van der Waals surface area contributed by atoms with Crippen LogP contribution in [0.15, 0.2) is 16.7 Å². The normalized spacial score (nSPS) is 11.5. The number of rotatable bonds is 4. The number of carbonyl (C=O) groups is 1. The number of pyridine rings is 1. The molecule has 25 heavy (non-hydrogen) atoms. The standard InChI is InChI=1S/C17H23ClN4O3/c1-9(2)20-12-7-13(18)19-8-11(12)15-21-14(10(3)24-15)22-16(23)25-17(4,5)6/h7-9H,1-6H3,(H,19,20)(H,22,23). The number of nitrogens with one attached hydrogen (secondary N) is 2. The molecule has 8 heteroatoms. The minimum absolute atomic E-state index is 0.188. The minimum Gasteiger partial charge on any atom is -0.444 e. The average molecular weight is 367 g/mol. The first kappa shape index (κ1) is 19.1. The molecule has 0 aliphatic carbocycles. The molecule has 0 radical (unpaired) electrons. The lowest BCUT2D eigenvalue weighted by Crippen LogP contribution is -2.27. The van der Waals surface area contributed by atoms with Crippen molar-refractivity contribution in [1.82, 2.24) is 9.97 Å². The molecule has 0 aliphatic heterocycles. The third kappa shape index (κ3) is 5.35. The molecule has 2 heterocycles. The van der Waals surface area contributed by atoms with Crippen molar-refractivity contribution in [2.24, 2.45) is 0 Å². The number of hydrogen-bond donors (Lipinski definition) is 2. The van der Waals surface area contributed by atoms with Crippen molar-refractivity contribution in [2.45, 2.75) is 53.2 Å². The van der Waals surface area contributed by atoms with Crippen LogP contribution in [0.5, 0.6) is 0 Å². The number of halogens is 1. The Morgan fingerprint density at radius 1 is 1.36 bits per heavy atom. The maximum absolute atomic E-state index is 11.9. The summed E-state index contributed by atoms with van der Waals surface area (Å²) in [7, 11) is 0. The van der Waals surface area contributed by atoms with Gasteiger partial charge in [0, 0.05) is 12.2 Å². The number of aryl methyl sites for hydroxylation is 1. The highest BCUT2D eigenvalue weighted by Crippen LogP contribution is 2.32. The van der Waals surface area contributed by atoms with Gasteiger partial charge in [-0.2, -0.15) is 4.98 Å². The molecular formula is C17H23ClN4O3. The van der Waals surface area contributed by atoms with E-state index in [9.17, 15) is 4.79 Å². The van der Waals surface area contributed by atoms with Gasteiger partial charge in [0.05, 0.1) is 11.3 Å². The van der Waals surface area contributed by atoms with Crippen molar-refractivity contribution in [3.05, 3.63) is 23.2 Å². The van der Waals surface area contributed by atoms with Gasteiger partial charge in [-0.25, -0.2) is 9.78 Å². The molecule has 1 amide bonds. The summed E-state index contributed by atoms with van der Waals surface area (Å²) in [6, 6.07) is 1.89. The fourth-order valence-electron chi connectivity index (χ4n) is 2.06. The largest absolute Gasteiger partial charge is 0.444 e. The molecule has 0 spiro atoms. The van der Waals surface area contributed by atoms with Crippen LogP contribution in [-0.4, -0.2) is 27.7 Å². The fourth-order valence-corrected chi connectivity index (χ4v) is 2.22. The van der Waals surface area contributed by atoms with E-state index in [1.54, 1.807) is 40.0 Å². The highest BCUT2D eigenvalue weighted by atomic mass is 35.5. The van der Waals surface area contributed by atoms with E-state index < -0.39 is 11.7 Å². The van der Waals surface area contributed by atoms with Crippen LogP contribution in [0.2, 0.25) is 5.15 Å². The second kappa shape index (κ2) is 7.31. The van der Waals surface area contributed by atoms with Crippen molar-refractivity contribution in [3.63, 3.8) is 0 Å². The molecule has 2 aromatic heterocycles. The Hall–Kier alpha value is -2.28. The molecule has 0 aliphatic rings. The number of amides is 1. The lowest BCUT2D eigenvalue weighted by atomic mass is 10.2. The van der Waals surface area contributed by atoms with E-state index in [1.807, 2.05) is 13.8 Å². The molecule has 0 unspecified atom stereocenters. The van der Waals surface area contributed by atoms with Gasteiger partial charge in [0.15, 0.2) is 5.82 Å². The quantitative estimate of drug-likeness (QED) is 0.750. The molecule has 136 valence electrons. The van der Waals surface area contributed by atoms with E-state index in [4.69, 9.17) is 20.8 Å². The van der Waals surface area contributed by atoms with Gasteiger partial charge in [-0.3, -0.25) is 5.32 Å². The predicted octanol–water partition coefficient (Wildman–Crippen LogP) is 4.87. The highest BCUT2D eigenvalue weighted by Gasteiger charge is 2.21. The fraction of sp³-hybridized carbons (Fsp3) is 0.471. The van der Waals surface area contributed by atoms with Gasteiger partial charge in [0.25, 0.3) is 0 Å². The second-order valence-electron chi connectivity index (χ2n) is 6.90. The van der Waals surface area contributed by atoms with Gasteiger partial charge in [0.1, 0.15) is 16.5 Å². The Balaban J connectivity index is 2.29. The van der Waals surface area contributed by atoms with Crippen LogP contribution in [-0.2, 0) is 4.74 Å². The number of hydrogen-bond acceptors (Lipinski definition) is 6. The van der Waals surface area contributed by atoms with E-state index in [2.05, 4.69) is 20.6 Å². The van der Waals surface area contributed by atoms with Crippen molar-refractivity contribution >= 4 is 29.2 Å². The zero-order valence-electron chi connectivity index (χ0n) is 15.2. The van der Waals surface area contributed by atoms with Crippen LogP contribution in [0.25, 0.3) is 11.5 Å². The van der Waals surface area contributed by atoms with Crippen LogP contribution >= 0.6 is 11.6 Å². The van der Waals surface area contributed by atoms with E-state index in [0.29, 0.717) is 28.2 Å². The average Bonchev–Trinajstić information content (AvgIpc) is 2.77. The zero-order valence-corrected chi connectivity index (χ0v) is 16.0. The SMILES string of the molecule is Cc1oc(-c2cnc(Cl)cc2NC(C)C)nc1NC(=O)OC(C)(C)C. The summed E-state index contributed by atoms with van der Waals surface area (Å²) in [5.74, 6) is 1.09. The topological polar surface area (TPSA) is 89.3 Å². The number of carbonyl (C=O) groups excluding carboxylic acids is 1. The van der Waals surface area contributed by atoms with E-state index in [1.165, 1.54) is 0 Å². The highest BCUT2D eigenvalue weighted by molar-refractivity contribution is 6.29. The summed E-state index contributed by atoms with van der Waals surface area (Å²) in [5.41, 5.74) is 0.803. The maximum Gasteiger partial charge on any atom is 0.413 e. The van der Waals surface area contributed by atoms with Crippen molar-refractivity contribution in [3.8, 4) is 11.5 Å². The van der Waals surface area contributed by atoms with Gasteiger partial charge in [0.2, 0.25) is 5.89 Å². The van der Waals surface area contributed by atoms with Crippen LogP contribution < -0.4 is 10.6 Å². The first-order valence-electron chi connectivity index (χ1n) is 7.95. The molecule has 0 atom stereocenters. The number of anilines is 2. The van der Waals surface area contributed by atoms with Crippen LogP contribution in [0, 0.1) is 6.92 Å². The molecule has 7 nitrogen and oxygen atoms in total. The van der Waals surface area contributed by atoms with Crippen LogP contribution in [0.4, 0.5) is 16.3 Å². The number of aromatic nitrogens is 2. The summed E-state index contributed by atoms with van der Waals surface area (Å²) in [6.45, 7) is 11.1. The van der Waals surface area contributed by atoms with Crippen LogP contribution in [0.3, 0.4) is 0 Å². The first-order chi connectivity index (χ1) is 11.5. The Morgan fingerprint density at radius 2 is 2.04 bits per heavy atom. The molecule has 2 N–H and O–H groups in total. The third-order valence-corrected chi connectivity index (χ3v) is 3.17. The second-order valence-corrected chi connectivity index (χ2v) is 7.29. The molecular weight excluding hydrogens is 344 g/mol. The van der Waals surface area contributed by atoms with E-state index >= 15 is 0 Å². The van der Waals surface area contributed by atoms with Gasteiger partial charge < -0.3 is 14.5 Å². The van der Waals surface area contributed by atoms with Gasteiger partial charge in [-0.05, 0) is 47.6 Å². The summed E-state index contributed by atoms with van der Waals surface area (Å²) in [6.07, 6.45) is 0.987. The summed E-state index contributed by atoms with van der Waals surface area (Å²) in [4.78, 5) is 20.4. The monoisotopic (exact) mass is 366 g/mol. The number of ether oxygens (including phenoxy) is 1. The summed E-state index contributed by atoms with van der Waals surface area (Å²) < 4.78 is 10.9. The molecule has 0 saturated carbocycles. The predicted molar refractivity (Wildman–Crippen MR) is 98.1 cm³/mol. The number of nitrogens with zero attached hydrogens (tertiary/aromatic N) is 2. The molecule has 2 aromatic rings. The van der Waals surface area contributed by atoms with E-state index in [-0.39, 0.29) is 6.04 Å². The van der Waals surface area contributed by atoms with Crippen molar-refractivity contribution < 1.29 is 13.9 Å². The van der Waals surface area contributed by atoms with Gasteiger partial charge in [-0.1, -0.05) is 11.6 Å². The van der Waals surface area contributed by atoms with Gasteiger partial charge >= 0.3 is 6.09 Å².